The van der Waals surface area contributed by atoms with Gasteiger partial charge in [-0.25, -0.2) is 0 Å². The molecule has 1 saturated carbocycles. The number of aryl methyl sites for hydroxylation is 1. The normalized spacial score (nSPS) is 30.0. The fraction of sp³-hybridized carbons (Fsp3) is 0.800. The highest BCUT2D eigenvalue weighted by molar-refractivity contribution is 5.80. The fourth-order valence-electron chi connectivity index (χ4n) is 3.68. The van der Waals surface area contributed by atoms with E-state index in [1.165, 1.54) is 12.8 Å². The third-order valence-corrected chi connectivity index (χ3v) is 4.96. The predicted octanol–water partition coefficient (Wildman–Crippen LogP) is 1.21. The Kier molecular flexibility index (Phi) is 3.21. The number of aromatic nitrogens is 2. The van der Waals surface area contributed by atoms with Gasteiger partial charge in [-0.2, -0.15) is 4.98 Å². The van der Waals surface area contributed by atoms with Crippen molar-refractivity contribution < 1.29 is 9.32 Å². The van der Waals surface area contributed by atoms with Crippen molar-refractivity contribution in [2.24, 2.45) is 11.8 Å². The van der Waals surface area contributed by atoms with Gasteiger partial charge in [0.15, 0.2) is 5.82 Å². The van der Waals surface area contributed by atoms with Crippen LogP contribution in [-0.2, 0) is 11.3 Å². The molecule has 0 aromatic carbocycles. The lowest BCUT2D eigenvalue weighted by Crippen LogP contribution is -2.48. The van der Waals surface area contributed by atoms with Gasteiger partial charge in [-0.05, 0) is 31.6 Å². The largest absolute Gasteiger partial charge is 0.340 e. The molecule has 1 amide bonds. The van der Waals surface area contributed by atoms with E-state index < -0.39 is 0 Å². The van der Waals surface area contributed by atoms with Gasteiger partial charge in [0.05, 0.1) is 12.5 Å². The molecule has 0 radical (unpaired) electrons. The van der Waals surface area contributed by atoms with Gasteiger partial charge in [0.25, 0.3) is 0 Å². The first kappa shape index (κ1) is 13.2. The van der Waals surface area contributed by atoms with E-state index in [4.69, 9.17) is 4.52 Å². The van der Waals surface area contributed by atoms with Crippen molar-refractivity contribution in [1.29, 1.82) is 0 Å². The Morgan fingerprint density at radius 1 is 1.24 bits per heavy atom. The number of fused-ring (bicyclic) bond motifs is 4. The molecule has 2 atom stereocenters. The van der Waals surface area contributed by atoms with Crippen molar-refractivity contribution in [1.82, 2.24) is 19.9 Å². The van der Waals surface area contributed by atoms with Gasteiger partial charge in [-0.3, -0.25) is 9.69 Å². The molecule has 2 bridgehead atoms. The number of carbonyl (C=O) groups excluding carboxylic acids is 1. The van der Waals surface area contributed by atoms with Gasteiger partial charge < -0.3 is 9.42 Å². The number of amides is 1. The van der Waals surface area contributed by atoms with Crippen LogP contribution in [0.15, 0.2) is 4.52 Å². The molecule has 4 heterocycles. The molecule has 4 fully saturated rings. The number of hydrogen-bond acceptors (Lipinski definition) is 5. The summed E-state index contributed by atoms with van der Waals surface area (Å²) >= 11 is 0. The molecule has 6 heteroatoms. The SMILES string of the molecule is Cc1nc(CN2C[C@H]3CC[C@@H](C2)N(CC2CC2)C3=O)no1. The van der Waals surface area contributed by atoms with Crippen LogP contribution in [0.4, 0.5) is 0 Å². The molecule has 0 N–H and O–H groups in total. The summed E-state index contributed by atoms with van der Waals surface area (Å²) in [5.41, 5.74) is 0. The molecule has 3 saturated heterocycles. The third-order valence-electron chi connectivity index (χ3n) is 4.96. The summed E-state index contributed by atoms with van der Waals surface area (Å²) in [4.78, 5) is 21.4. The number of rotatable bonds is 4. The van der Waals surface area contributed by atoms with E-state index >= 15 is 0 Å². The summed E-state index contributed by atoms with van der Waals surface area (Å²) in [6, 6.07) is 0.379. The summed E-state index contributed by atoms with van der Waals surface area (Å²) in [7, 11) is 0. The molecule has 6 nitrogen and oxygen atoms in total. The second-order valence-corrected chi connectivity index (χ2v) is 6.79. The Balaban J connectivity index is 1.48. The van der Waals surface area contributed by atoms with E-state index in [9.17, 15) is 4.79 Å². The van der Waals surface area contributed by atoms with Crippen LogP contribution in [0.2, 0.25) is 0 Å². The highest BCUT2D eigenvalue weighted by atomic mass is 16.5. The summed E-state index contributed by atoms with van der Waals surface area (Å²) < 4.78 is 5.04. The Labute approximate surface area is 124 Å². The second kappa shape index (κ2) is 5.09. The van der Waals surface area contributed by atoms with Crippen LogP contribution in [0, 0.1) is 18.8 Å². The van der Waals surface area contributed by atoms with Gasteiger partial charge >= 0.3 is 0 Å². The topological polar surface area (TPSA) is 62.5 Å². The average Bonchev–Trinajstić information content (AvgIpc) is 3.22. The first-order valence-electron chi connectivity index (χ1n) is 8.01. The lowest BCUT2D eigenvalue weighted by atomic mass is 9.94. The van der Waals surface area contributed by atoms with Gasteiger partial charge in [0.1, 0.15) is 0 Å². The molecule has 5 rings (SSSR count). The van der Waals surface area contributed by atoms with Crippen LogP contribution in [0.1, 0.15) is 37.4 Å². The maximum Gasteiger partial charge on any atom is 0.227 e. The van der Waals surface area contributed by atoms with Crippen LogP contribution in [0.25, 0.3) is 0 Å². The molecule has 3 aliphatic heterocycles. The average molecular weight is 290 g/mol. The second-order valence-electron chi connectivity index (χ2n) is 6.79. The minimum atomic E-state index is 0.162. The van der Waals surface area contributed by atoms with Gasteiger partial charge in [0.2, 0.25) is 11.8 Å². The molecule has 0 unspecified atom stereocenters. The van der Waals surface area contributed by atoms with Crippen molar-refractivity contribution in [2.75, 3.05) is 19.6 Å². The van der Waals surface area contributed by atoms with E-state index in [0.29, 0.717) is 24.4 Å². The number of nitrogens with zero attached hydrogens (tertiary/aromatic N) is 4. The van der Waals surface area contributed by atoms with Gasteiger partial charge in [-0.15, -0.1) is 0 Å². The molecule has 1 aromatic heterocycles. The molecule has 1 aromatic rings. The number of carbonyl (C=O) groups is 1. The van der Waals surface area contributed by atoms with Crippen molar-refractivity contribution in [3.63, 3.8) is 0 Å². The first-order chi connectivity index (χ1) is 10.2. The summed E-state index contributed by atoms with van der Waals surface area (Å²) in [6.07, 6.45) is 4.78. The summed E-state index contributed by atoms with van der Waals surface area (Å²) in [6.45, 7) is 5.26. The van der Waals surface area contributed by atoms with Crippen LogP contribution >= 0.6 is 0 Å². The van der Waals surface area contributed by atoms with Crippen molar-refractivity contribution >= 4 is 5.91 Å². The molecule has 4 aliphatic rings. The zero-order chi connectivity index (χ0) is 14.4. The monoisotopic (exact) mass is 290 g/mol. The molecule has 114 valence electrons. The molecule has 0 spiro atoms. The molecule has 1 aliphatic carbocycles. The van der Waals surface area contributed by atoms with E-state index in [-0.39, 0.29) is 5.92 Å². The summed E-state index contributed by atoms with van der Waals surface area (Å²) in [5, 5.41) is 3.98. The van der Waals surface area contributed by atoms with Crippen LogP contribution in [-0.4, -0.2) is 51.5 Å². The summed E-state index contributed by atoms with van der Waals surface area (Å²) in [5.74, 6) is 2.64. The smallest absolute Gasteiger partial charge is 0.227 e. The van der Waals surface area contributed by atoms with E-state index in [2.05, 4.69) is 19.9 Å². The number of hydrogen-bond donors (Lipinski definition) is 0. The Hall–Kier alpha value is -1.43. The van der Waals surface area contributed by atoms with Crippen LogP contribution < -0.4 is 0 Å². The Morgan fingerprint density at radius 3 is 2.81 bits per heavy atom. The molecular weight excluding hydrogens is 268 g/mol. The van der Waals surface area contributed by atoms with Crippen LogP contribution in [0.5, 0.6) is 0 Å². The zero-order valence-electron chi connectivity index (χ0n) is 12.5. The highest BCUT2D eigenvalue weighted by Crippen LogP contribution is 2.35. The first-order valence-corrected chi connectivity index (χ1v) is 8.01. The van der Waals surface area contributed by atoms with E-state index in [0.717, 1.165) is 44.2 Å². The molecule has 21 heavy (non-hydrogen) atoms. The predicted molar refractivity (Wildman–Crippen MR) is 75.3 cm³/mol. The number of piperidine rings is 1. The van der Waals surface area contributed by atoms with Crippen molar-refractivity contribution in [3.8, 4) is 0 Å². The lowest BCUT2D eigenvalue weighted by molar-refractivity contribution is -0.140. The van der Waals surface area contributed by atoms with Crippen molar-refractivity contribution in [3.05, 3.63) is 11.7 Å². The standard InChI is InChI=1S/C15H22N4O2/c1-10-16-14(17-21-10)9-18-7-12-4-5-13(8-18)19(15(12)20)6-11-2-3-11/h11-13H,2-9H2,1H3/t12-,13+/m1/s1. The maximum atomic E-state index is 12.6. The molecular formula is C15H22N4O2. The van der Waals surface area contributed by atoms with Crippen LogP contribution in [0.3, 0.4) is 0 Å². The third kappa shape index (κ3) is 2.69. The Morgan fingerprint density at radius 2 is 2.10 bits per heavy atom. The quantitative estimate of drug-likeness (QED) is 0.834. The Bertz CT molecular complexity index is 540. The van der Waals surface area contributed by atoms with E-state index in [1.54, 1.807) is 0 Å². The van der Waals surface area contributed by atoms with Crippen molar-refractivity contribution in [2.45, 2.75) is 45.2 Å². The lowest BCUT2D eigenvalue weighted by Gasteiger charge is -2.36. The van der Waals surface area contributed by atoms with Gasteiger partial charge in [0, 0.05) is 32.6 Å². The van der Waals surface area contributed by atoms with Gasteiger partial charge in [-0.1, -0.05) is 5.16 Å². The fourth-order valence-corrected chi connectivity index (χ4v) is 3.68. The highest BCUT2D eigenvalue weighted by Gasteiger charge is 2.42. The van der Waals surface area contributed by atoms with E-state index in [1.807, 2.05) is 6.92 Å². The maximum absolute atomic E-state index is 12.6. The minimum absolute atomic E-state index is 0.162. The minimum Gasteiger partial charge on any atom is -0.340 e. The zero-order valence-corrected chi connectivity index (χ0v) is 12.5.